The van der Waals surface area contributed by atoms with Crippen molar-refractivity contribution in [3.05, 3.63) is 11.4 Å². The Hall–Kier alpha value is -2.71. The lowest BCUT2D eigenvalue weighted by Gasteiger charge is -2.49. The van der Waals surface area contributed by atoms with Crippen LogP contribution < -0.4 is 64.4 Å². The van der Waals surface area contributed by atoms with E-state index in [1.807, 2.05) is 0 Å². The Bertz CT molecular complexity index is 1690. The largest absolute Gasteiger partial charge is 0.573 e. The predicted octanol–water partition coefficient (Wildman–Crippen LogP) is -10.0. The van der Waals surface area contributed by atoms with Crippen molar-refractivity contribution < 1.29 is 27.4 Å². The van der Waals surface area contributed by atoms with Crippen molar-refractivity contribution in [3.8, 4) is 22.6 Å². The Kier molecular flexibility index (Phi) is 8.75. The average molecular weight is 553 g/mol. The third-order valence-corrected chi connectivity index (χ3v) is 6.80. The number of halogens is 3. The van der Waals surface area contributed by atoms with Gasteiger partial charge in [0.15, 0.2) is 0 Å². The van der Waals surface area contributed by atoms with E-state index in [2.05, 4.69) is 14.7 Å². The molecule has 1 aromatic heterocycles. The molecule has 1 aliphatic rings. The molecule has 182 valence electrons. The van der Waals surface area contributed by atoms with Crippen LogP contribution in [0, 0.1) is 0 Å². The van der Waals surface area contributed by atoms with Gasteiger partial charge in [-0.1, -0.05) is 43.7 Å². The van der Waals surface area contributed by atoms with Gasteiger partial charge in [0.2, 0.25) is 0 Å². The van der Waals surface area contributed by atoms with Gasteiger partial charge in [-0.3, -0.25) is 4.79 Å². The van der Waals surface area contributed by atoms with E-state index < -0.39 is 90.4 Å². The molecule has 28 radical (unpaired) electrons. The molecular formula is C21H2B14F3N3O3. The molecule has 4 rings (SSSR count). The molecular weight excluding hydrogens is 551 g/mol. The molecule has 0 fully saturated rings. The highest BCUT2D eigenvalue weighted by molar-refractivity contribution is 6.65. The number of alkyl halides is 3. The van der Waals surface area contributed by atoms with E-state index >= 15 is 0 Å². The number of fused-ring (bicyclic) bond motifs is 1. The van der Waals surface area contributed by atoms with E-state index in [0.29, 0.717) is 4.90 Å². The van der Waals surface area contributed by atoms with E-state index in [-0.39, 0.29) is 28.0 Å². The Morgan fingerprint density at radius 1 is 0.682 bits per heavy atom. The van der Waals surface area contributed by atoms with Crippen LogP contribution in [0.25, 0.3) is 11.1 Å². The maximum absolute atomic E-state index is 14.2. The Morgan fingerprint density at radius 2 is 1.14 bits per heavy atom. The fourth-order valence-corrected chi connectivity index (χ4v) is 4.40. The first-order valence-corrected chi connectivity index (χ1v) is 11.9. The third-order valence-electron chi connectivity index (χ3n) is 6.80. The van der Waals surface area contributed by atoms with Crippen molar-refractivity contribution in [1.82, 2.24) is 14.9 Å². The summed E-state index contributed by atoms with van der Waals surface area (Å²) in [5.41, 5.74) is -6.34. The Balaban J connectivity index is 2.03. The fraction of sp³-hybridized carbons (Fsp3) is 0.190. The van der Waals surface area contributed by atoms with E-state index in [0.717, 1.165) is 0 Å². The zero-order chi connectivity index (χ0) is 33.4. The second-order valence-electron chi connectivity index (χ2n) is 9.66. The van der Waals surface area contributed by atoms with E-state index in [1.165, 1.54) is 0 Å². The number of hydrogen-bond acceptors (Lipinski definition) is 5. The SMILES string of the molecule is [B]c1nc(CN2C(=O)c3c([B])c(-c4c([B])c([B])c(OC(F)(F)F)c([B])c4[B])c([B])c([B])c3OC([B])([B])C2([B])[B])nc([B])c1[B]. The molecule has 0 unspecified atom stereocenters. The number of carbonyl (C=O) groups excluding carboxylic acids is 1. The number of hydrogen-bond donors (Lipinski definition) is 0. The van der Waals surface area contributed by atoms with Crippen LogP contribution in [-0.4, -0.2) is 148 Å². The normalized spacial score (nSPS) is 15.7. The molecule has 2 heterocycles. The maximum Gasteiger partial charge on any atom is 0.573 e. The fourth-order valence-electron chi connectivity index (χ4n) is 4.40. The average Bonchev–Trinajstić information content (AvgIpc) is 2.95. The summed E-state index contributed by atoms with van der Waals surface area (Å²) in [6.07, 6.45) is -5.22. The summed E-state index contributed by atoms with van der Waals surface area (Å²) in [5.74, 6) is -3.02. The minimum atomic E-state index is -5.22. The Morgan fingerprint density at radius 3 is 1.61 bits per heavy atom. The number of carbonyl (C=O) groups is 1. The number of benzene rings is 2. The van der Waals surface area contributed by atoms with Crippen LogP contribution >= 0.6 is 0 Å². The van der Waals surface area contributed by atoms with Gasteiger partial charge in [0.1, 0.15) is 111 Å². The van der Waals surface area contributed by atoms with Crippen molar-refractivity contribution >= 4 is 171 Å². The van der Waals surface area contributed by atoms with Crippen LogP contribution in [-0.2, 0) is 6.54 Å². The van der Waals surface area contributed by atoms with E-state index in [4.69, 9.17) is 115 Å². The van der Waals surface area contributed by atoms with Crippen LogP contribution in [0.2, 0.25) is 0 Å². The minimum Gasteiger partial charge on any atom is -0.506 e. The topological polar surface area (TPSA) is 64.6 Å². The van der Waals surface area contributed by atoms with Crippen molar-refractivity contribution in [2.75, 3.05) is 0 Å². The summed E-state index contributed by atoms with van der Waals surface area (Å²) in [6.45, 7) is -0.661. The number of rotatable bonds is 4. The van der Waals surface area contributed by atoms with Crippen LogP contribution in [0.5, 0.6) is 11.5 Å². The van der Waals surface area contributed by atoms with Gasteiger partial charge in [-0.25, -0.2) is 9.97 Å². The molecule has 0 atom stereocenters. The number of amides is 1. The van der Waals surface area contributed by atoms with Gasteiger partial charge in [-0.05, 0) is 27.7 Å². The molecule has 3 aromatic rings. The summed E-state index contributed by atoms with van der Waals surface area (Å²) in [7, 11) is 84.7. The maximum atomic E-state index is 14.2. The lowest BCUT2D eigenvalue weighted by molar-refractivity contribution is -0.273. The molecule has 2 aromatic carbocycles. The second-order valence-corrected chi connectivity index (χ2v) is 9.66. The van der Waals surface area contributed by atoms with Crippen molar-refractivity contribution in [2.45, 2.75) is 23.6 Å². The highest BCUT2D eigenvalue weighted by Gasteiger charge is 2.48. The smallest absolute Gasteiger partial charge is 0.506 e. The monoisotopic (exact) mass is 555 g/mol. The highest BCUT2D eigenvalue weighted by atomic mass is 19.4. The van der Waals surface area contributed by atoms with Gasteiger partial charge in [0, 0.05) is 5.40 Å². The molecule has 1 amide bonds. The lowest BCUT2D eigenvalue weighted by atomic mass is 9.39. The molecule has 0 saturated carbocycles. The first kappa shape index (κ1) is 34.2. The number of ether oxygens (including phenoxy) is 2. The summed E-state index contributed by atoms with van der Waals surface area (Å²) in [5, 5.41) is -5.19. The van der Waals surface area contributed by atoms with Gasteiger partial charge >= 0.3 is 6.36 Å². The minimum absolute atomic E-state index is 0.138. The van der Waals surface area contributed by atoms with Crippen LogP contribution in [0.1, 0.15) is 16.2 Å². The van der Waals surface area contributed by atoms with E-state index in [9.17, 15) is 18.0 Å². The van der Waals surface area contributed by atoms with Gasteiger partial charge in [0.05, 0.1) is 27.8 Å². The van der Waals surface area contributed by atoms with Crippen molar-refractivity contribution in [1.29, 1.82) is 0 Å². The van der Waals surface area contributed by atoms with Crippen LogP contribution in [0.4, 0.5) is 13.2 Å². The standard InChI is InChI=1S/C21H2B14F3N3O3/c22-6-3(4-8(24)11(27)15(12(28)9(4)25)44-21(36,37)38)7(23)10(26)14-5(6)18(42)41(19(32,33)20(34,35)43-14)1-2-39-16(30)13(29)17(31)40-2/h1H2. The number of aromatic nitrogens is 2. The number of nitrogens with zero attached hydrogens (tertiary/aromatic N) is 3. The molecule has 6 nitrogen and oxygen atoms in total. The molecule has 0 bridgehead atoms. The molecule has 0 N–H and O–H groups in total. The quantitative estimate of drug-likeness (QED) is 0.301. The molecule has 0 saturated heterocycles. The second kappa shape index (κ2) is 11.3. The first-order chi connectivity index (χ1) is 20.0. The van der Waals surface area contributed by atoms with Gasteiger partial charge in [0.25, 0.3) is 5.91 Å². The predicted molar refractivity (Wildman–Crippen MR) is 173 cm³/mol. The van der Waals surface area contributed by atoms with Crippen molar-refractivity contribution in [3.63, 3.8) is 0 Å². The van der Waals surface area contributed by atoms with E-state index in [1.54, 1.807) is 0 Å². The summed E-state index contributed by atoms with van der Waals surface area (Å²) in [6, 6.07) is 0. The summed E-state index contributed by atoms with van der Waals surface area (Å²) < 4.78 is 48.6. The highest BCUT2D eigenvalue weighted by Crippen LogP contribution is 2.34. The first-order valence-electron chi connectivity index (χ1n) is 11.9. The van der Waals surface area contributed by atoms with Crippen LogP contribution in [0.3, 0.4) is 0 Å². The third kappa shape index (κ3) is 5.51. The molecule has 1 aliphatic heterocycles. The lowest BCUT2D eigenvalue weighted by Crippen LogP contribution is -2.69. The molecule has 23 heteroatoms. The van der Waals surface area contributed by atoms with Gasteiger partial charge < -0.3 is 14.4 Å². The molecule has 0 spiro atoms. The molecule has 44 heavy (non-hydrogen) atoms. The zero-order valence-corrected chi connectivity index (χ0v) is 22.5. The van der Waals surface area contributed by atoms with Crippen molar-refractivity contribution in [2.24, 2.45) is 0 Å². The zero-order valence-electron chi connectivity index (χ0n) is 22.5. The summed E-state index contributed by atoms with van der Waals surface area (Å²) in [4.78, 5) is 22.7. The summed E-state index contributed by atoms with van der Waals surface area (Å²) >= 11 is 0. The van der Waals surface area contributed by atoms with Gasteiger partial charge in [-0.15, -0.1) is 13.2 Å². The molecule has 0 aliphatic carbocycles. The van der Waals surface area contributed by atoms with Gasteiger partial charge in [-0.2, -0.15) is 0 Å². The van der Waals surface area contributed by atoms with Crippen LogP contribution in [0.15, 0.2) is 0 Å². The Labute approximate surface area is 270 Å².